The molecule has 1 heterocycles. The summed E-state index contributed by atoms with van der Waals surface area (Å²) in [6.45, 7) is 2.90. The Labute approximate surface area is 128 Å². The minimum atomic E-state index is -0.305. The lowest BCUT2D eigenvalue weighted by molar-refractivity contribution is -0.126. The zero-order valence-electron chi connectivity index (χ0n) is 12.5. The third-order valence-corrected chi connectivity index (χ3v) is 3.02. The van der Waals surface area contributed by atoms with E-state index in [1.807, 2.05) is 0 Å². The number of ether oxygens (including phenoxy) is 1. The van der Waals surface area contributed by atoms with E-state index in [0.717, 1.165) is 18.4 Å². The monoisotopic (exact) mass is 306 g/mol. The standard InChI is InChI=1S/C16H19FN2O3/c1-2-3-8-18-16(20)11-21-10-14-9-15(22-19-14)12-4-6-13(17)7-5-12/h4-7,9H,2-3,8,10-11H2,1H3,(H,18,20). The molecular weight excluding hydrogens is 287 g/mol. The van der Waals surface area contributed by atoms with Gasteiger partial charge in [0.15, 0.2) is 5.76 Å². The smallest absolute Gasteiger partial charge is 0.246 e. The Morgan fingerprint density at radius 3 is 2.86 bits per heavy atom. The summed E-state index contributed by atoms with van der Waals surface area (Å²) in [6, 6.07) is 7.65. The largest absolute Gasteiger partial charge is 0.365 e. The lowest BCUT2D eigenvalue weighted by Crippen LogP contribution is -2.28. The zero-order chi connectivity index (χ0) is 15.8. The van der Waals surface area contributed by atoms with E-state index >= 15 is 0 Å². The maximum Gasteiger partial charge on any atom is 0.246 e. The highest BCUT2D eigenvalue weighted by Gasteiger charge is 2.08. The van der Waals surface area contributed by atoms with Crippen molar-refractivity contribution in [2.45, 2.75) is 26.4 Å². The molecule has 0 saturated heterocycles. The van der Waals surface area contributed by atoms with Crippen LogP contribution in [0.1, 0.15) is 25.5 Å². The molecule has 0 fully saturated rings. The van der Waals surface area contributed by atoms with Crippen molar-refractivity contribution in [3.05, 3.63) is 41.8 Å². The number of hydrogen-bond acceptors (Lipinski definition) is 4. The molecule has 22 heavy (non-hydrogen) atoms. The molecule has 0 unspecified atom stereocenters. The normalized spacial score (nSPS) is 10.6. The molecule has 5 nitrogen and oxygen atoms in total. The second-order valence-corrected chi connectivity index (χ2v) is 4.89. The summed E-state index contributed by atoms with van der Waals surface area (Å²) in [4.78, 5) is 11.5. The molecule has 1 N–H and O–H groups in total. The second-order valence-electron chi connectivity index (χ2n) is 4.89. The Morgan fingerprint density at radius 2 is 2.14 bits per heavy atom. The molecule has 1 amide bonds. The number of carbonyl (C=O) groups excluding carboxylic acids is 1. The van der Waals surface area contributed by atoms with Gasteiger partial charge in [-0.1, -0.05) is 18.5 Å². The van der Waals surface area contributed by atoms with Gasteiger partial charge in [0.05, 0.1) is 6.61 Å². The fraction of sp³-hybridized carbons (Fsp3) is 0.375. The minimum absolute atomic E-state index is 0.0115. The fourth-order valence-electron chi connectivity index (χ4n) is 1.83. The number of nitrogens with one attached hydrogen (secondary N) is 1. The number of hydrogen-bond donors (Lipinski definition) is 1. The maximum atomic E-state index is 12.9. The Balaban J connectivity index is 1.78. The van der Waals surface area contributed by atoms with Gasteiger partial charge in [-0.25, -0.2) is 4.39 Å². The predicted octanol–water partition coefficient (Wildman–Crippen LogP) is 2.91. The van der Waals surface area contributed by atoms with E-state index in [1.165, 1.54) is 12.1 Å². The van der Waals surface area contributed by atoms with Crippen LogP contribution in [0.25, 0.3) is 11.3 Å². The SMILES string of the molecule is CCCCNC(=O)COCc1cc(-c2ccc(F)cc2)on1. The van der Waals surface area contributed by atoms with E-state index < -0.39 is 0 Å². The summed E-state index contributed by atoms with van der Waals surface area (Å²) in [7, 11) is 0. The van der Waals surface area contributed by atoms with Crippen molar-refractivity contribution in [3.63, 3.8) is 0 Å². The molecule has 0 spiro atoms. The van der Waals surface area contributed by atoms with E-state index in [9.17, 15) is 9.18 Å². The fourth-order valence-corrected chi connectivity index (χ4v) is 1.83. The molecule has 2 rings (SSSR count). The van der Waals surface area contributed by atoms with Gasteiger partial charge in [0, 0.05) is 18.2 Å². The molecule has 2 aromatic rings. The number of amides is 1. The number of unbranched alkanes of at least 4 members (excludes halogenated alkanes) is 1. The van der Waals surface area contributed by atoms with Crippen LogP contribution in [0.15, 0.2) is 34.9 Å². The summed E-state index contributed by atoms with van der Waals surface area (Å²) in [5.74, 6) is 0.0857. The molecule has 0 saturated carbocycles. The van der Waals surface area contributed by atoms with Gasteiger partial charge < -0.3 is 14.6 Å². The van der Waals surface area contributed by atoms with Gasteiger partial charge in [0.25, 0.3) is 0 Å². The van der Waals surface area contributed by atoms with Crippen molar-refractivity contribution in [2.75, 3.05) is 13.2 Å². The number of rotatable bonds is 8. The molecule has 0 aliphatic heterocycles. The highest BCUT2D eigenvalue weighted by atomic mass is 19.1. The molecule has 0 aliphatic rings. The Morgan fingerprint density at radius 1 is 1.36 bits per heavy atom. The van der Waals surface area contributed by atoms with Gasteiger partial charge in [0.1, 0.15) is 18.1 Å². The number of carbonyl (C=O) groups is 1. The highest BCUT2D eigenvalue weighted by molar-refractivity contribution is 5.77. The number of aromatic nitrogens is 1. The Hall–Kier alpha value is -2.21. The highest BCUT2D eigenvalue weighted by Crippen LogP contribution is 2.20. The van der Waals surface area contributed by atoms with Crippen LogP contribution in [0.2, 0.25) is 0 Å². The number of benzene rings is 1. The number of halogens is 1. The van der Waals surface area contributed by atoms with Crippen LogP contribution in [0.4, 0.5) is 4.39 Å². The van der Waals surface area contributed by atoms with Crippen LogP contribution in [0.3, 0.4) is 0 Å². The van der Waals surface area contributed by atoms with Crippen LogP contribution < -0.4 is 5.32 Å². The van der Waals surface area contributed by atoms with Crippen LogP contribution in [0, 0.1) is 5.82 Å². The van der Waals surface area contributed by atoms with Gasteiger partial charge in [-0.05, 0) is 30.7 Å². The average molecular weight is 306 g/mol. The molecule has 1 aromatic heterocycles. The molecule has 118 valence electrons. The quantitative estimate of drug-likeness (QED) is 0.762. The van der Waals surface area contributed by atoms with Gasteiger partial charge >= 0.3 is 0 Å². The van der Waals surface area contributed by atoms with Gasteiger partial charge in [-0.15, -0.1) is 0 Å². The maximum absolute atomic E-state index is 12.9. The third-order valence-electron chi connectivity index (χ3n) is 3.02. The van der Waals surface area contributed by atoms with E-state index in [1.54, 1.807) is 18.2 Å². The van der Waals surface area contributed by atoms with Crippen molar-refractivity contribution in [2.24, 2.45) is 0 Å². The van der Waals surface area contributed by atoms with Crippen LogP contribution in [-0.4, -0.2) is 24.2 Å². The van der Waals surface area contributed by atoms with Crippen molar-refractivity contribution in [3.8, 4) is 11.3 Å². The minimum Gasteiger partial charge on any atom is -0.365 e. The predicted molar refractivity (Wildman–Crippen MR) is 79.5 cm³/mol. The van der Waals surface area contributed by atoms with Crippen LogP contribution in [-0.2, 0) is 16.1 Å². The first-order valence-corrected chi connectivity index (χ1v) is 7.25. The van der Waals surface area contributed by atoms with Crippen molar-refractivity contribution in [1.29, 1.82) is 0 Å². The Kier molecular flexibility index (Phi) is 6.09. The molecule has 1 aromatic carbocycles. The van der Waals surface area contributed by atoms with Gasteiger partial charge in [-0.2, -0.15) is 0 Å². The molecule has 0 radical (unpaired) electrons. The summed E-state index contributed by atoms with van der Waals surface area (Å²) < 4.78 is 23.3. The van der Waals surface area contributed by atoms with Crippen molar-refractivity contribution >= 4 is 5.91 Å². The summed E-state index contributed by atoms with van der Waals surface area (Å²) in [6.07, 6.45) is 1.99. The van der Waals surface area contributed by atoms with E-state index in [4.69, 9.17) is 9.26 Å². The van der Waals surface area contributed by atoms with E-state index in [0.29, 0.717) is 18.0 Å². The zero-order valence-corrected chi connectivity index (χ0v) is 12.5. The Bertz CT molecular complexity index is 596. The first kappa shape index (κ1) is 16.2. The average Bonchev–Trinajstić information content (AvgIpc) is 2.97. The first-order chi connectivity index (χ1) is 10.7. The first-order valence-electron chi connectivity index (χ1n) is 7.25. The van der Waals surface area contributed by atoms with Gasteiger partial charge in [0.2, 0.25) is 5.91 Å². The lowest BCUT2D eigenvalue weighted by atomic mass is 10.1. The van der Waals surface area contributed by atoms with E-state index in [2.05, 4.69) is 17.4 Å². The van der Waals surface area contributed by atoms with Crippen LogP contribution in [0.5, 0.6) is 0 Å². The van der Waals surface area contributed by atoms with Crippen molar-refractivity contribution in [1.82, 2.24) is 10.5 Å². The molecule has 0 atom stereocenters. The molecular formula is C16H19FN2O3. The third kappa shape index (κ3) is 4.96. The van der Waals surface area contributed by atoms with Crippen molar-refractivity contribution < 1.29 is 18.4 Å². The number of nitrogens with zero attached hydrogens (tertiary/aromatic N) is 1. The molecule has 6 heteroatoms. The van der Waals surface area contributed by atoms with E-state index in [-0.39, 0.29) is 24.9 Å². The molecule has 0 bridgehead atoms. The summed E-state index contributed by atoms with van der Waals surface area (Å²) in [5.41, 5.74) is 1.32. The lowest BCUT2D eigenvalue weighted by Gasteiger charge is -2.03. The van der Waals surface area contributed by atoms with Gasteiger partial charge in [-0.3, -0.25) is 4.79 Å². The topological polar surface area (TPSA) is 64.4 Å². The summed E-state index contributed by atoms with van der Waals surface area (Å²) in [5, 5.41) is 6.62. The summed E-state index contributed by atoms with van der Waals surface area (Å²) >= 11 is 0. The molecule has 0 aliphatic carbocycles. The second kappa shape index (κ2) is 8.29. The van der Waals surface area contributed by atoms with Crippen LogP contribution >= 0.6 is 0 Å².